The summed E-state index contributed by atoms with van der Waals surface area (Å²) >= 11 is 0. The SMILES string of the molecule is C=C1C[n+]2ccccc2-c2ccccc2CCC(C)C1(C)[N+](=C)/C=C\C. The molecule has 0 radical (unpaired) electrons. The number of pyridine rings is 1. The smallest absolute Gasteiger partial charge is 0.203 e. The van der Waals surface area contributed by atoms with Gasteiger partial charge >= 0.3 is 0 Å². The van der Waals surface area contributed by atoms with E-state index in [4.69, 9.17) is 0 Å². The Balaban J connectivity index is 2.15. The van der Waals surface area contributed by atoms with Crippen LogP contribution in [0.3, 0.4) is 0 Å². The van der Waals surface area contributed by atoms with Gasteiger partial charge in [0.2, 0.25) is 5.69 Å². The molecule has 0 N–H and O–H groups in total. The van der Waals surface area contributed by atoms with Crippen LogP contribution in [0.1, 0.15) is 32.8 Å². The summed E-state index contributed by atoms with van der Waals surface area (Å²) in [7, 11) is 0. The van der Waals surface area contributed by atoms with E-state index in [-0.39, 0.29) is 5.54 Å². The van der Waals surface area contributed by atoms with Gasteiger partial charge in [-0.2, -0.15) is 4.57 Å². The molecule has 26 heavy (non-hydrogen) atoms. The van der Waals surface area contributed by atoms with E-state index < -0.39 is 0 Å². The third-order valence-electron chi connectivity index (χ3n) is 6.04. The summed E-state index contributed by atoms with van der Waals surface area (Å²) in [6.07, 6.45) is 8.43. The van der Waals surface area contributed by atoms with Gasteiger partial charge in [-0.1, -0.05) is 31.7 Å². The van der Waals surface area contributed by atoms with Crippen LogP contribution in [0.5, 0.6) is 0 Å². The molecule has 1 aromatic heterocycles. The van der Waals surface area contributed by atoms with Crippen molar-refractivity contribution in [3.05, 3.63) is 78.7 Å². The van der Waals surface area contributed by atoms with Crippen molar-refractivity contribution in [3.63, 3.8) is 0 Å². The first-order valence-corrected chi connectivity index (χ1v) is 9.46. The average Bonchev–Trinajstić information content (AvgIpc) is 2.65. The molecule has 0 aliphatic carbocycles. The van der Waals surface area contributed by atoms with Crippen molar-refractivity contribution in [3.8, 4) is 11.3 Å². The number of nitrogens with zero attached hydrogens (tertiary/aromatic N) is 2. The average molecular weight is 347 g/mol. The zero-order valence-electron chi connectivity index (χ0n) is 16.3. The molecule has 1 aromatic carbocycles. The molecule has 2 aromatic rings. The van der Waals surface area contributed by atoms with Crippen molar-refractivity contribution in [1.82, 2.24) is 0 Å². The third-order valence-corrected chi connectivity index (χ3v) is 6.04. The van der Waals surface area contributed by atoms with Crippen molar-refractivity contribution in [2.24, 2.45) is 5.92 Å². The number of aromatic nitrogens is 1. The molecule has 1 aliphatic heterocycles. The van der Waals surface area contributed by atoms with Crippen LogP contribution < -0.4 is 4.57 Å². The van der Waals surface area contributed by atoms with Crippen molar-refractivity contribution >= 4 is 6.72 Å². The number of hydrogen-bond acceptors (Lipinski definition) is 0. The van der Waals surface area contributed by atoms with Gasteiger partial charge in [-0.3, -0.25) is 0 Å². The summed E-state index contributed by atoms with van der Waals surface area (Å²) in [4.78, 5) is 0. The molecule has 2 heteroatoms. The highest BCUT2D eigenvalue weighted by molar-refractivity contribution is 5.61. The highest BCUT2D eigenvalue weighted by Gasteiger charge is 2.45. The molecule has 0 amide bonds. The number of allylic oxidation sites excluding steroid dienone is 1. The predicted octanol–water partition coefficient (Wildman–Crippen LogP) is 4.79. The maximum absolute atomic E-state index is 4.51. The minimum atomic E-state index is -0.196. The first kappa shape index (κ1) is 18.3. The second-order valence-electron chi connectivity index (χ2n) is 7.51. The molecule has 0 saturated heterocycles. The van der Waals surface area contributed by atoms with Crippen molar-refractivity contribution < 1.29 is 9.14 Å². The molecule has 3 rings (SSSR count). The first-order valence-electron chi connectivity index (χ1n) is 9.46. The molecule has 2 atom stereocenters. The van der Waals surface area contributed by atoms with E-state index in [1.54, 1.807) is 0 Å². The summed E-state index contributed by atoms with van der Waals surface area (Å²) in [5, 5.41) is 0. The Morgan fingerprint density at radius 2 is 1.92 bits per heavy atom. The van der Waals surface area contributed by atoms with Gasteiger partial charge in [0.25, 0.3) is 0 Å². The Morgan fingerprint density at radius 1 is 1.19 bits per heavy atom. The predicted molar refractivity (Wildman–Crippen MR) is 109 cm³/mol. The van der Waals surface area contributed by atoms with Gasteiger partial charge in [-0.25, -0.2) is 4.58 Å². The van der Waals surface area contributed by atoms with E-state index in [1.165, 1.54) is 22.4 Å². The van der Waals surface area contributed by atoms with E-state index in [9.17, 15) is 0 Å². The van der Waals surface area contributed by atoms with Crippen molar-refractivity contribution in [2.45, 2.75) is 45.7 Å². The summed E-state index contributed by atoms with van der Waals surface area (Å²) in [6.45, 7) is 16.3. The Morgan fingerprint density at radius 3 is 2.69 bits per heavy atom. The Kier molecular flexibility index (Phi) is 5.22. The van der Waals surface area contributed by atoms with Gasteiger partial charge in [0, 0.05) is 30.5 Å². The summed E-state index contributed by atoms with van der Waals surface area (Å²) in [6, 6.07) is 15.2. The van der Waals surface area contributed by atoms with Crippen LogP contribution in [-0.2, 0) is 13.0 Å². The molecule has 134 valence electrons. The second kappa shape index (κ2) is 7.41. The van der Waals surface area contributed by atoms with Gasteiger partial charge in [-0.15, -0.1) is 0 Å². The molecule has 0 fully saturated rings. The minimum Gasteiger partial charge on any atom is -0.203 e. The van der Waals surface area contributed by atoms with E-state index in [0.717, 1.165) is 19.4 Å². The maximum atomic E-state index is 4.51. The van der Waals surface area contributed by atoms with E-state index >= 15 is 0 Å². The van der Waals surface area contributed by atoms with Gasteiger partial charge in [0.05, 0.1) is 5.57 Å². The number of rotatable bonds is 2. The Labute approximate surface area is 157 Å². The molecular weight excluding hydrogens is 316 g/mol. The van der Waals surface area contributed by atoms with Crippen LogP contribution in [0.2, 0.25) is 0 Å². The lowest BCUT2D eigenvalue weighted by molar-refractivity contribution is -0.683. The number of fused-ring (bicyclic) bond motifs is 3. The van der Waals surface area contributed by atoms with Crippen LogP contribution in [0.4, 0.5) is 0 Å². The highest BCUT2D eigenvalue weighted by atomic mass is 15.1. The lowest BCUT2D eigenvalue weighted by Crippen LogP contribution is -2.50. The first-order chi connectivity index (χ1) is 12.5. The maximum Gasteiger partial charge on any atom is 0.213 e. The fourth-order valence-corrected chi connectivity index (χ4v) is 4.04. The lowest BCUT2D eigenvalue weighted by atomic mass is 9.76. The summed E-state index contributed by atoms with van der Waals surface area (Å²) in [5.74, 6) is 0.433. The lowest BCUT2D eigenvalue weighted by Gasteiger charge is -2.32. The van der Waals surface area contributed by atoms with Crippen LogP contribution in [0, 0.1) is 5.92 Å². The second-order valence-corrected chi connectivity index (χ2v) is 7.51. The summed E-state index contributed by atoms with van der Waals surface area (Å²) in [5.41, 5.74) is 4.99. The monoisotopic (exact) mass is 346 g/mol. The van der Waals surface area contributed by atoms with Gasteiger partial charge in [-0.05, 0) is 43.5 Å². The van der Waals surface area contributed by atoms with Gasteiger partial charge in [0.15, 0.2) is 24.5 Å². The minimum absolute atomic E-state index is 0.196. The molecule has 0 spiro atoms. The molecule has 2 unspecified atom stereocenters. The topological polar surface area (TPSA) is 6.89 Å². The highest BCUT2D eigenvalue weighted by Crippen LogP contribution is 2.34. The summed E-state index contributed by atoms with van der Waals surface area (Å²) < 4.78 is 4.41. The van der Waals surface area contributed by atoms with Crippen LogP contribution in [-0.4, -0.2) is 16.8 Å². The Hall–Kier alpha value is -2.48. The normalized spacial score (nSPS) is 23.3. The Bertz CT molecular complexity index is 862. The van der Waals surface area contributed by atoms with E-state index in [2.05, 4.69) is 91.1 Å². The fraction of sp³-hybridized carbons (Fsp3) is 0.333. The van der Waals surface area contributed by atoms with E-state index in [1.807, 2.05) is 13.0 Å². The third kappa shape index (κ3) is 3.16. The molecule has 2 heterocycles. The van der Waals surface area contributed by atoms with Crippen LogP contribution in [0.15, 0.2) is 73.1 Å². The number of benzene rings is 1. The molecule has 0 saturated carbocycles. The quantitative estimate of drug-likeness (QED) is 0.419. The zero-order valence-corrected chi connectivity index (χ0v) is 16.3. The van der Waals surface area contributed by atoms with Crippen LogP contribution in [0.25, 0.3) is 11.3 Å². The standard InChI is InChI=1S/C24H30N2/c1-6-16-25(5)24(4)19(2)14-15-21-11-7-8-12-22(21)23-13-9-10-17-26(23)18-20(24)3/h6-13,16-17,19H,3,5,14-15,18H2,1-2,4H3/q+2/b16-6-. The molecule has 1 aliphatic rings. The van der Waals surface area contributed by atoms with Gasteiger partial charge < -0.3 is 0 Å². The number of hydrogen-bond donors (Lipinski definition) is 0. The van der Waals surface area contributed by atoms with E-state index in [0.29, 0.717) is 5.92 Å². The zero-order chi connectivity index (χ0) is 18.7. The van der Waals surface area contributed by atoms with Crippen molar-refractivity contribution in [1.29, 1.82) is 0 Å². The number of aryl methyl sites for hydroxylation is 1. The largest absolute Gasteiger partial charge is 0.213 e. The molecular formula is C24H30N2+2. The molecule has 2 nitrogen and oxygen atoms in total. The van der Waals surface area contributed by atoms with Crippen LogP contribution >= 0.6 is 0 Å². The van der Waals surface area contributed by atoms with Crippen molar-refractivity contribution in [2.75, 3.05) is 0 Å². The van der Waals surface area contributed by atoms with Gasteiger partial charge in [0.1, 0.15) is 6.72 Å². The molecule has 0 bridgehead atoms. The fourth-order valence-electron chi connectivity index (χ4n) is 4.04.